The Morgan fingerprint density at radius 3 is 1.64 bits per heavy atom. The topological polar surface area (TPSA) is 9.72 Å². The molecule has 4 heteroatoms. The summed E-state index contributed by atoms with van der Waals surface area (Å²) >= 11 is 0. The predicted molar refractivity (Wildman–Crippen MR) is 275 cm³/mol. The molecule has 3 nitrogen and oxygen atoms in total. The highest BCUT2D eigenvalue weighted by Gasteiger charge is 2.45. The van der Waals surface area contributed by atoms with Gasteiger partial charge in [-0.05, 0) is 152 Å². The summed E-state index contributed by atoms with van der Waals surface area (Å²) in [5, 5.41) is 0. The van der Waals surface area contributed by atoms with Gasteiger partial charge in [0.05, 0.1) is 0 Å². The van der Waals surface area contributed by atoms with E-state index in [1.807, 2.05) is 0 Å². The molecule has 0 spiro atoms. The second-order valence-corrected chi connectivity index (χ2v) is 20.8. The van der Waals surface area contributed by atoms with Gasteiger partial charge in [-0.3, -0.25) is 0 Å². The summed E-state index contributed by atoms with van der Waals surface area (Å²) < 4.78 is 0. The van der Waals surface area contributed by atoms with E-state index in [4.69, 9.17) is 0 Å². The van der Waals surface area contributed by atoms with Gasteiger partial charge in [0.25, 0.3) is 6.71 Å². The lowest BCUT2D eigenvalue weighted by Crippen LogP contribution is -2.61. The van der Waals surface area contributed by atoms with Crippen LogP contribution in [-0.4, -0.2) is 6.71 Å². The van der Waals surface area contributed by atoms with Gasteiger partial charge in [0, 0.05) is 56.6 Å². The number of benzene rings is 8. The highest BCUT2D eigenvalue weighted by molar-refractivity contribution is 7.00. The summed E-state index contributed by atoms with van der Waals surface area (Å²) in [6, 6.07) is 66.5. The monoisotopic (exact) mass is 829 g/mol. The van der Waals surface area contributed by atoms with Gasteiger partial charge in [-0.15, -0.1) is 0 Å². The molecule has 0 unspecified atom stereocenters. The number of anilines is 9. The smallest absolute Gasteiger partial charge is 0.252 e. The van der Waals surface area contributed by atoms with E-state index >= 15 is 0 Å². The number of para-hydroxylation sites is 2. The molecule has 0 radical (unpaired) electrons. The Morgan fingerprint density at radius 1 is 0.438 bits per heavy atom. The molecule has 314 valence electrons. The Balaban J connectivity index is 1.19. The molecular formula is C60H56BN3. The first-order chi connectivity index (χ1) is 30.7. The molecule has 2 heterocycles. The van der Waals surface area contributed by atoms with Gasteiger partial charge in [0.15, 0.2) is 0 Å². The number of aryl methyl sites for hydroxylation is 1. The van der Waals surface area contributed by atoms with Gasteiger partial charge in [-0.2, -0.15) is 0 Å². The number of fused-ring (bicyclic) bond motifs is 7. The molecule has 0 atom stereocenters. The molecule has 8 aromatic carbocycles. The van der Waals surface area contributed by atoms with E-state index in [2.05, 4.69) is 253 Å². The maximum absolute atomic E-state index is 2.58. The predicted octanol–water partition coefficient (Wildman–Crippen LogP) is 14.4. The summed E-state index contributed by atoms with van der Waals surface area (Å²) in [7, 11) is 0. The lowest BCUT2D eigenvalue weighted by atomic mass is 9.33. The molecule has 0 aromatic heterocycles. The Bertz CT molecular complexity index is 3080. The van der Waals surface area contributed by atoms with Crippen LogP contribution in [0.25, 0.3) is 11.1 Å². The normalized spacial score (nSPS) is 14.4. The van der Waals surface area contributed by atoms with Crippen molar-refractivity contribution < 1.29 is 0 Å². The number of nitrogens with zero attached hydrogens (tertiary/aromatic N) is 3. The molecule has 0 bridgehead atoms. The van der Waals surface area contributed by atoms with Crippen molar-refractivity contribution in [3.05, 3.63) is 204 Å². The minimum Gasteiger partial charge on any atom is -0.311 e. The zero-order chi connectivity index (χ0) is 44.3. The van der Waals surface area contributed by atoms with E-state index in [-0.39, 0.29) is 23.0 Å². The molecule has 0 saturated heterocycles. The van der Waals surface area contributed by atoms with Gasteiger partial charge >= 0.3 is 0 Å². The van der Waals surface area contributed by atoms with E-state index in [9.17, 15) is 0 Å². The highest BCUT2D eigenvalue weighted by atomic mass is 15.2. The highest BCUT2D eigenvalue weighted by Crippen LogP contribution is 2.52. The van der Waals surface area contributed by atoms with E-state index in [1.54, 1.807) is 0 Å². The summed E-state index contributed by atoms with van der Waals surface area (Å²) in [5.74, 6) is 0. The maximum Gasteiger partial charge on any atom is 0.252 e. The van der Waals surface area contributed by atoms with Gasteiger partial charge in [-0.1, -0.05) is 152 Å². The fourth-order valence-corrected chi connectivity index (χ4v) is 10.8. The first kappa shape index (κ1) is 40.0. The molecule has 1 aliphatic carbocycles. The second kappa shape index (κ2) is 14.4. The summed E-state index contributed by atoms with van der Waals surface area (Å²) in [5.41, 5.74) is 23.8. The minimum absolute atomic E-state index is 0.00493. The van der Waals surface area contributed by atoms with Gasteiger partial charge < -0.3 is 14.7 Å². The van der Waals surface area contributed by atoms with Crippen LogP contribution in [-0.2, 0) is 16.2 Å². The largest absolute Gasteiger partial charge is 0.311 e. The molecule has 2 aliphatic heterocycles. The molecule has 0 N–H and O–H groups in total. The van der Waals surface area contributed by atoms with E-state index in [0.29, 0.717) is 0 Å². The number of hydrogen-bond donors (Lipinski definition) is 0. The quantitative estimate of drug-likeness (QED) is 0.160. The van der Waals surface area contributed by atoms with Crippen molar-refractivity contribution >= 4 is 74.3 Å². The molecule has 11 rings (SSSR count). The fraction of sp³-hybridized carbons (Fsp3) is 0.200. The lowest BCUT2D eigenvalue weighted by molar-refractivity contribution is 0.590. The van der Waals surface area contributed by atoms with E-state index in [1.165, 1.54) is 83.8 Å². The minimum atomic E-state index is -0.120. The van der Waals surface area contributed by atoms with Crippen LogP contribution < -0.4 is 31.1 Å². The van der Waals surface area contributed by atoms with Crippen LogP contribution in [0.1, 0.15) is 83.2 Å². The van der Waals surface area contributed by atoms with Crippen LogP contribution in [0.4, 0.5) is 51.2 Å². The molecule has 8 aromatic rings. The van der Waals surface area contributed by atoms with Crippen molar-refractivity contribution in [1.29, 1.82) is 0 Å². The Morgan fingerprint density at radius 2 is 1.00 bits per heavy atom. The third kappa shape index (κ3) is 6.25. The van der Waals surface area contributed by atoms with Crippen molar-refractivity contribution in [1.82, 2.24) is 0 Å². The van der Waals surface area contributed by atoms with Crippen LogP contribution in [0.15, 0.2) is 176 Å². The second-order valence-electron chi connectivity index (χ2n) is 20.8. The van der Waals surface area contributed by atoms with Crippen molar-refractivity contribution in [3.63, 3.8) is 0 Å². The van der Waals surface area contributed by atoms with Crippen molar-refractivity contribution in [2.45, 2.75) is 78.6 Å². The molecule has 0 amide bonds. The Hall–Kier alpha value is -6.78. The number of hydrogen-bond acceptors (Lipinski definition) is 3. The fourth-order valence-electron chi connectivity index (χ4n) is 10.8. The van der Waals surface area contributed by atoms with Gasteiger partial charge in [-0.25, -0.2) is 0 Å². The molecule has 0 saturated carbocycles. The zero-order valence-electron chi connectivity index (χ0n) is 38.7. The summed E-state index contributed by atoms with van der Waals surface area (Å²) in [6.07, 6.45) is 0. The average Bonchev–Trinajstić information content (AvgIpc) is 3.51. The SMILES string of the molecule is Cc1cc2c3c(c1)N(c1ccc(C(C)(C)C)cc1)c1cc(N(c4ccccc4)c4ccccc4)ccc1B3c1cc(C(C)(C)C)ccc1N2c1ccc2c(c1)C(C)(C)c1ccccc1-2. The number of rotatable bonds is 5. The van der Waals surface area contributed by atoms with Crippen LogP contribution in [0.5, 0.6) is 0 Å². The first-order valence-corrected chi connectivity index (χ1v) is 23.0. The summed E-state index contributed by atoms with van der Waals surface area (Å²) in [6.45, 7) is 20.9. The van der Waals surface area contributed by atoms with E-state index in [0.717, 1.165) is 22.7 Å². The van der Waals surface area contributed by atoms with Crippen molar-refractivity contribution in [3.8, 4) is 11.1 Å². The lowest BCUT2D eigenvalue weighted by Gasteiger charge is -2.45. The average molecular weight is 830 g/mol. The molecular weight excluding hydrogens is 773 g/mol. The Labute approximate surface area is 380 Å². The van der Waals surface area contributed by atoms with Gasteiger partial charge in [0.1, 0.15) is 0 Å². The molecule has 3 aliphatic rings. The molecule has 64 heavy (non-hydrogen) atoms. The van der Waals surface area contributed by atoms with Crippen LogP contribution in [0.3, 0.4) is 0 Å². The zero-order valence-corrected chi connectivity index (χ0v) is 38.7. The van der Waals surface area contributed by atoms with E-state index < -0.39 is 0 Å². The third-order valence-corrected chi connectivity index (χ3v) is 14.2. The Kier molecular flexibility index (Phi) is 8.99. The molecule has 0 fully saturated rings. The van der Waals surface area contributed by atoms with Crippen LogP contribution in [0, 0.1) is 6.92 Å². The van der Waals surface area contributed by atoms with Gasteiger partial charge in [0.2, 0.25) is 0 Å². The maximum atomic E-state index is 2.58. The summed E-state index contributed by atoms with van der Waals surface area (Å²) in [4.78, 5) is 7.53. The van der Waals surface area contributed by atoms with Crippen LogP contribution >= 0.6 is 0 Å². The van der Waals surface area contributed by atoms with Crippen LogP contribution in [0.2, 0.25) is 0 Å². The third-order valence-electron chi connectivity index (χ3n) is 14.2. The standard InChI is InChI=1S/C60H56BN3/c1-39-34-55-57-56(35-39)64(45-29-31-48-47-22-16-17-23-49(47)60(8,9)50(48)37-45)53-33-26-41(59(5,6)7)36-52(53)61(57)51-32-30-46(62(42-18-12-10-13-19-42)43-20-14-11-15-21-43)38-54(51)63(55)44-27-24-40(25-28-44)58(2,3)4/h10-38H,1-9H3. The first-order valence-electron chi connectivity index (χ1n) is 23.0. The van der Waals surface area contributed by atoms with Crippen molar-refractivity contribution in [2.24, 2.45) is 0 Å². The van der Waals surface area contributed by atoms with Crippen molar-refractivity contribution in [2.75, 3.05) is 14.7 Å².